The van der Waals surface area contributed by atoms with Crippen LogP contribution in [-0.2, 0) is 4.79 Å². The maximum absolute atomic E-state index is 12.7. The topological polar surface area (TPSA) is 57.6 Å². The summed E-state index contributed by atoms with van der Waals surface area (Å²) in [5.74, 6) is -1.14. The van der Waals surface area contributed by atoms with E-state index in [0.717, 1.165) is 15.4 Å². The second-order valence-electron chi connectivity index (χ2n) is 4.91. The number of carbonyl (C=O) groups is 2. The molecule has 0 aromatic heterocycles. The van der Waals surface area contributed by atoms with Crippen molar-refractivity contribution in [3.8, 4) is 0 Å². The highest BCUT2D eigenvalue weighted by Gasteiger charge is 2.48. The SMILES string of the molecule is CCC1(C(=O)O)CCCN1C(=O)c1cc(Br)cc(Br)c1. The molecule has 1 saturated heterocycles. The minimum absolute atomic E-state index is 0.228. The molecule has 0 bridgehead atoms. The highest BCUT2D eigenvalue weighted by atomic mass is 79.9. The van der Waals surface area contributed by atoms with Crippen LogP contribution >= 0.6 is 31.9 Å². The minimum Gasteiger partial charge on any atom is -0.479 e. The summed E-state index contributed by atoms with van der Waals surface area (Å²) < 4.78 is 1.57. The maximum Gasteiger partial charge on any atom is 0.329 e. The van der Waals surface area contributed by atoms with Crippen LogP contribution in [0.4, 0.5) is 0 Å². The number of carboxylic acid groups (broad SMARTS) is 1. The summed E-state index contributed by atoms with van der Waals surface area (Å²) in [4.78, 5) is 25.8. The van der Waals surface area contributed by atoms with Crippen LogP contribution in [0.1, 0.15) is 36.5 Å². The normalized spacial score (nSPS) is 22.1. The lowest BCUT2D eigenvalue weighted by Crippen LogP contribution is -2.52. The van der Waals surface area contributed by atoms with Crippen molar-refractivity contribution >= 4 is 43.7 Å². The van der Waals surface area contributed by atoms with Gasteiger partial charge < -0.3 is 10.0 Å². The van der Waals surface area contributed by atoms with Crippen LogP contribution in [0, 0.1) is 0 Å². The van der Waals surface area contributed by atoms with E-state index in [1.54, 1.807) is 12.1 Å². The largest absolute Gasteiger partial charge is 0.479 e. The summed E-state index contributed by atoms with van der Waals surface area (Å²) in [5, 5.41) is 9.53. The van der Waals surface area contributed by atoms with Gasteiger partial charge in [-0.25, -0.2) is 4.79 Å². The molecule has 1 aromatic rings. The van der Waals surface area contributed by atoms with Crippen LogP contribution < -0.4 is 0 Å². The molecule has 6 heteroatoms. The molecule has 1 N–H and O–H groups in total. The second kappa shape index (κ2) is 5.85. The van der Waals surface area contributed by atoms with Crippen molar-refractivity contribution in [2.75, 3.05) is 6.54 Å². The Kier molecular flexibility index (Phi) is 4.54. The van der Waals surface area contributed by atoms with Crippen LogP contribution in [-0.4, -0.2) is 34.0 Å². The first-order valence-electron chi connectivity index (χ1n) is 6.42. The van der Waals surface area contributed by atoms with E-state index in [1.807, 2.05) is 13.0 Å². The van der Waals surface area contributed by atoms with Gasteiger partial charge in [-0.2, -0.15) is 0 Å². The Morgan fingerprint density at radius 2 is 1.90 bits per heavy atom. The fourth-order valence-electron chi connectivity index (χ4n) is 2.75. The maximum atomic E-state index is 12.7. The Balaban J connectivity index is 2.39. The molecule has 1 heterocycles. The first-order chi connectivity index (χ1) is 9.40. The molecule has 108 valence electrons. The number of aliphatic carboxylic acids is 1. The lowest BCUT2D eigenvalue weighted by Gasteiger charge is -2.34. The summed E-state index contributed by atoms with van der Waals surface area (Å²) in [5.41, 5.74) is -0.571. The van der Waals surface area contributed by atoms with Crippen LogP contribution in [0.2, 0.25) is 0 Å². The van der Waals surface area contributed by atoms with Gasteiger partial charge in [-0.3, -0.25) is 4.79 Å². The van der Waals surface area contributed by atoms with E-state index in [4.69, 9.17) is 0 Å². The van der Waals surface area contributed by atoms with E-state index in [0.29, 0.717) is 24.9 Å². The Labute approximate surface area is 134 Å². The van der Waals surface area contributed by atoms with E-state index in [-0.39, 0.29) is 5.91 Å². The zero-order valence-electron chi connectivity index (χ0n) is 11.0. The summed E-state index contributed by atoms with van der Waals surface area (Å²) in [6.45, 7) is 2.31. The molecule has 0 radical (unpaired) electrons. The first-order valence-corrected chi connectivity index (χ1v) is 8.01. The number of carbonyl (C=O) groups excluding carboxylic acids is 1. The molecule has 4 nitrogen and oxygen atoms in total. The van der Waals surface area contributed by atoms with E-state index >= 15 is 0 Å². The van der Waals surface area contributed by atoms with Crippen molar-refractivity contribution < 1.29 is 14.7 Å². The highest BCUT2D eigenvalue weighted by molar-refractivity contribution is 9.11. The lowest BCUT2D eigenvalue weighted by atomic mass is 9.92. The number of benzene rings is 1. The molecular formula is C14H15Br2NO3. The van der Waals surface area contributed by atoms with Crippen LogP contribution in [0.5, 0.6) is 0 Å². The van der Waals surface area contributed by atoms with Gasteiger partial charge in [-0.1, -0.05) is 38.8 Å². The Morgan fingerprint density at radius 1 is 1.30 bits per heavy atom. The molecule has 1 amide bonds. The van der Waals surface area contributed by atoms with Crippen molar-refractivity contribution in [2.45, 2.75) is 31.7 Å². The molecular weight excluding hydrogens is 390 g/mol. The molecule has 1 unspecified atom stereocenters. The number of nitrogens with zero attached hydrogens (tertiary/aromatic N) is 1. The summed E-state index contributed by atoms with van der Waals surface area (Å²) in [6.07, 6.45) is 1.66. The van der Waals surface area contributed by atoms with Gasteiger partial charge >= 0.3 is 5.97 Å². The van der Waals surface area contributed by atoms with Gasteiger partial charge in [0, 0.05) is 21.1 Å². The number of halogens is 2. The van der Waals surface area contributed by atoms with Crippen molar-refractivity contribution in [3.63, 3.8) is 0 Å². The summed E-state index contributed by atoms with van der Waals surface area (Å²) in [7, 11) is 0. The predicted molar refractivity (Wildman–Crippen MR) is 82.8 cm³/mol. The van der Waals surface area contributed by atoms with E-state index in [2.05, 4.69) is 31.9 Å². The Morgan fingerprint density at radius 3 is 2.40 bits per heavy atom. The van der Waals surface area contributed by atoms with Gasteiger partial charge in [-0.15, -0.1) is 0 Å². The van der Waals surface area contributed by atoms with Crippen molar-refractivity contribution in [2.24, 2.45) is 0 Å². The molecule has 0 spiro atoms. The van der Waals surface area contributed by atoms with E-state index < -0.39 is 11.5 Å². The Bertz CT molecular complexity index is 541. The van der Waals surface area contributed by atoms with Gasteiger partial charge in [0.15, 0.2) is 0 Å². The zero-order valence-corrected chi connectivity index (χ0v) is 14.2. The quantitative estimate of drug-likeness (QED) is 0.835. The lowest BCUT2D eigenvalue weighted by molar-refractivity contribution is -0.148. The first kappa shape index (κ1) is 15.5. The molecule has 20 heavy (non-hydrogen) atoms. The molecule has 1 aromatic carbocycles. The zero-order chi connectivity index (χ0) is 14.9. The van der Waals surface area contributed by atoms with Gasteiger partial charge in [0.05, 0.1) is 0 Å². The van der Waals surface area contributed by atoms with Gasteiger partial charge in [0.25, 0.3) is 5.91 Å². The number of amides is 1. The third-order valence-electron chi connectivity index (χ3n) is 3.83. The predicted octanol–water partition coefficient (Wildman–Crippen LogP) is 3.68. The third kappa shape index (κ3) is 2.63. The highest BCUT2D eigenvalue weighted by Crippen LogP contribution is 2.34. The van der Waals surface area contributed by atoms with Crippen LogP contribution in [0.15, 0.2) is 27.1 Å². The number of hydrogen-bond acceptors (Lipinski definition) is 2. The molecule has 1 atom stereocenters. The molecule has 1 aliphatic rings. The molecule has 2 rings (SSSR count). The smallest absolute Gasteiger partial charge is 0.329 e. The van der Waals surface area contributed by atoms with Crippen molar-refractivity contribution in [3.05, 3.63) is 32.7 Å². The van der Waals surface area contributed by atoms with Gasteiger partial charge in [0.2, 0.25) is 0 Å². The van der Waals surface area contributed by atoms with Gasteiger partial charge in [-0.05, 0) is 37.5 Å². The number of rotatable bonds is 3. The van der Waals surface area contributed by atoms with E-state index in [9.17, 15) is 14.7 Å². The van der Waals surface area contributed by atoms with Crippen LogP contribution in [0.25, 0.3) is 0 Å². The average Bonchev–Trinajstić information content (AvgIpc) is 2.81. The van der Waals surface area contributed by atoms with Crippen molar-refractivity contribution in [1.82, 2.24) is 4.90 Å². The fraction of sp³-hybridized carbons (Fsp3) is 0.429. The minimum atomic E-state index is -1.06. The number of carboxylic acids is 1. The monoisotopic (exact) mass is 403 g/mol. The van der Waals surface area contributed by atoms with Crippen molar-refractivity contribution in [1.29, 1.82) is 0 Å². The van der Waals surface area contributed by atoms with Crippen LogP contribution in [0.3, 0.4) is 0 Å². The third-order valence-corrected chi connectivity index (χ3v) is 4.74. The van der Waals surface area contributed by atoms with Gasteiger partial charge in [0.1, 0.15) is 5.54 Å². The average molecular weight is 405 g/mol. The molecule has 1 fully saturated rings. The number of hydrogen-bond donors (Lipinski definition) is 1. The number of likely N-dealkylation sites (tertiary alicyclic amines) is 1. The van der Waals surface area contributed by atoms with E-state index in [1.165, 1.54) is 4.90 Å². The molecule has 0 saturated carbocycles. The fourth-order valence-corrected chi connectivity index (χ4v) is 4.04. The summed E-state index contributed by atoms with van der Waals surface area (Å²) in [6, 6.07) is 5.27. The summed E-state index contributed by atoms with van der Waals surface area (Å²) >= 11 is 6.69. The Hall–Kier alpha value is -0.880. The molecule has 0 aliphatic carbocycles. The molecule has 1 aliphatic heterocycles. The second-order valence-corrected chi connectivity index (χ2v) is 6.74. The standard InChI is InChI=1S/C14H15Br2NO3/c1-2-14(13(19)20)4-3-5-17(14)12(18)9-6-10(15)8-11(16)7-9/h6-8H,2-5H2,1H3,(H,19,20).